The van der Waals surface area contributed by atoms with Crippen LogP contribution < -0.4 is 10.5 Å². The molecule has 0 aliphatic carbocycles. The summed E-state index contributed by atoms with van der Waals surface area (Å²) in [5.74, 6) is 0.670. The molecule has 7 heteroatoms. The first-order valence-electron chi connectivity index (χ1n) is 6.98. The van der Waals surface area contributed by atoms with E-state index in [1.807, 2.05) is 6.07 Å². The van der Waals surface area contributed by atoms with Crippen molar-refractivity contribution in [2.75, 3.05) is 31.1 Å². The SMILES string of the molecule is O=C(c1ccc(=O)[nH]c1)N1CCN(c2ncccc2Cl)CC1. The number of rotatable bonds is 2. The van der Waals surface area contributed by atoms with Crippen LogP contribution in [0.1, 0.15) is 10.4 Å². The van der Waals surface area contributed by atoms with Crippen LogP contribution in [0.3, 0.4) is 0 Å². The van der Waals surface area contributed by atoms with E-state index in [1.165, 1.54) is 12.3 Å². The van der Waals surface area contributed by atoms with Crippen LogP contribution in [0.4, 0.5) is 5.82 Å². The predicted octanol–water partition coefficient (Wildman–Crippen LogP) is 1.39. The Labute approximate surface area is 132 Å². The van der Waals surface area contributed by atoms with Crippen LogP contribution in [0.5, 0.6) is 0 Å². The summed E-state index contributed by atoms with van der Waals surface area (Å²) >= 11 is 6.15. The number of H-pyrrole nitrogens is 1. The summed E-state index contributed by atoms with van der Waals surface area (Å²) < 4.78 is 0. The number of carbonyl (C=O) groups is 1. The standard InChI is InChI=1S/C15H15ClN4O2/c16-12-2-1-5-17-14(12)19-6-8-20(9-7-19)15(22)11-3-4-13(21)18-10-11/h1-5,10H,6-9H2,(H,18,21). The van der Waals surface area contributed by atoms with E-state index in [1.54, 1.807) is 23.2 Å². The normalized spacial score (nSPS) is 15.0. The Balaban J connectivity index is 1.67. The molecule has 0 saturated carbocycles. The quantitative estimate of drug-likeness (QED) is 0.908. The molecule has 3 heterocycles. The fraction of sp³-hybridized carbons (Fsp3) is 0.267. The zero-order valence-corrected chi connectivity index (χ0v) is 12.6. The van der Waals surface area contributed by atoms with E-state index in [2.05, 4.69) is 14.9 Å². The lowest BCUT2D eigenvalue weighted by molar-refractivity contribution is 0.0746. The molecule has 1 amide bonds. The van der Waals surface area contributed by atoms with E-state index < -0.39 is 0 Å². The van der Waals surface area contributed by atoms with Crippen LogP contribution in [0.15, 0.2) is 41.5 Å². The van der Waals surface area contributed by atoms with Crippen molar-refractivity contribution in [2.45, 2.75) is 0 Å². The van der Waals surface area contributed by atoms with Crippen molar-refractivity contribution < 1.29 is 4.79 Å². The minimum absolute atomic E-state index is 0.0805. The van der Waals surface area contributed by atoms with Crippen LogP contribution in [0.2, 0.25) is 5.02 Å². The number of amides is 1. The second-order valence-electron chi connectivity index (χ2n) is 5.03. The second kappa shape index (κ2) is 6.19. The molecule has 0 bridgehead atoms. The van der Waals surface area contributed by atoms with Gasteiger partial charge in [-0.15, -0.1) is 0 Å². The number of nitrogens with one attached hydrogen (secondary N) is 1. The average molecular weight is 319 g/mol. The first kappa shape index (κ1) is 14.6. The number of hydrogen-bond acceptors (Lipinski definition) is 4. The zero-order valence-electron chi connectivity index (χ0n) is 11.8. The molecule has 1 N–H and O–H groups in total. The lowest BCUT2D eigenvalue weighted by Crippen LogP contribution is -2.49. The van der Waals surface area contributed by atoms with Crippen molar-refractivity contribution in [3.63, 3.8) is 0 Å². The number of anilines is 1. The summed E-state index contributed by atoms with van der Waals surface area (Å²) in [5, 5.41) is 0.614. The van der Waals surface area contributed by atoms with Crippen molar-refractivity contribution in [1.82, 2.24) is 14.9 Å². The van der Waals surface area contributed by atoms with Crippen LogP contribution in [0.25, 0.3) is 0 Å². The number of piperazine rings is 1. The van der Waals surface area contributed by atoms with Crippen LogP contribution >= 0.6 is 11.6 Å². The number of aromatic nitrogens is 2. The van der Waals surface area contributed by atoms with Crippen molar-refractivity contribution in [2.24, 2.45) is 0 Å². The summed E-state index contributed by atoms with van der Waals surface area (Å²) in [5.41, 5.74) is 0.273. The monoisotopic (exact) mass is 318 g/mol. The number of aromatic amines is 1. The van der Waals surface area contributed by atoms with Gasteiger partial charge in [0.05, 0.1) is 10.6 Å². The number of nitrogens with zero attached hydrogens (tertiary/aromatic N) is 3. The molecule has 2 aromatic heterocycles. The molecule has 22 heavy (non-hydrogen) atoms. The van der Waals surface area contributed by atoms with Gasteiger partial charge in [0.25, 0.3) is 5.91 Å². The van der Waals surface area contributed by atoms with E-state index >= 15 is 0 Å². The molecular weight excluding hydrogens is 304 g/mol. The van der Waals surface area contributed by atoms with Gasteiger partial charge < -0.3 is 14.8 Å². The van der Waals surface area contributed by atoms with Crippen molar-refractivity contribution >= 4 is 23.3 Å². The molecule has 3 rings (SSSR count). The van der Waals surface area contributed by atoms with Gasteiger partial charge >= 0.3 is 0 Å². The van der Waals surface area contributed by atoms with Gasteiger partial charge in [0.2, 0.25) is 5.56 Å². The van der Waals surface area contributed by atoms with Gasteiger partial charge in [-0.2, -0.15) is 0 Å². The van der Waals surface area contributed by atoms with Gasteiger partial charge in [-0.05, 0) is 18.2 Å². The molecule has 6 nitrogen and oxygen atoms in total. The van der Waals surface area contributed by atoms with Crippen LogP contribution in [0, 0.1) is 0 Å². The highest BCUT2D eigenvalue weighted by atomic mass is 35.5. The number of carbonyl (C=O) groups excluding carboxylic acids is 1. The van der Waals surface area contributed by atoms with Crippen molar-refractivity contribution in [1.29, 1.82) is 0 Å². The Morgan fingerprint density at radius 3 is 2.59 bits per heavy atom. The Kier molecular flexibility index (Phi) is 4.11. The third-order valence-corrected chi connectivity index (χ3v) is 3.93. The number of hydrogen-bond donors (Lipinski definition) is 1. The second-order valence-corrected chi connectivity index (χ2v) is 5.44. The fourth-order valence-electron chi connectivity index (χ4n) is 2.46. The van der Waals surface area contributed by atoms with Gasteiger partial charge in [-0.1, -0.05) is 11.6 Å². The van der Waals surface area contributed by atoms with Crippen LogP contribution in [-0.4, -0.2) is 47.0 Å². The van der Waals surface area contributed by atoms with E-state index in [-0.39, 0.29) is 11.5 Å². The zero-order chi connectivity index (χ0) is 15.5. The molecular formula is C15H15ClN4O2. The topological polar surface area (TPSA) is 69.3 Å². The first-order chi connectivity index (χ1) is 10.6. The maximum absolute atomic E-state index is 12.4. The molecule has 1 aliphatic heterocycles. The lowest BCUT2D eigenvalue weighted by atomic mass is 10.2. The fourth-order valence-corrected chi connectivity index (χ4v) is 2.70. The smallest absolute Gasteiger partial charge is 0.255 e. The molecule has 114 valence electrons. The highest BCUT2D eigenvalue weighted by Crippen LogP contribution is 2.23. The Bertz CT molecular complexity index is 718. The maximum Gasteiger partial charge on any atom is 0.255 e. The molecule has 0 unspecified atom stereocenters. The third kappa shape index (κ3) is 2.96. The average Bonchev–Trinajstić information content (AvgIpc) is 2.56. The van der Waals surface area contributed by atoms with E-state index in [0.29, 0.717) is 36.8 Å². The Morgan fingerprint density at radius 2 is 1.95 bits per heavy atom. The minimum atomic E-state index is -0.217. The summed E-state index contributed by atoms with van der Waals surface area (Å²) in [6, 6.07) is 6.50. The summed E-state index contributed by atoms with van der Waals surface area (Å²) in [6.45, 7) is 2.52. The van der Waals surface area contributed by atoms with Gasteiger partial charge in [0.1, 0.15) is 5.82 Å². The van der Waals surface area contributed by atoms with Crippen molar-refractivity contribution in [3.8, 4) is 0 Å². The third-order valence-electron chi connectivity index (χ3n) is 3.64. The molecule has 1 aliphatic rings. The highest BCUT2D eigenvalue weighted by molar-refractivity contribution is 6.32. The minimum Gasteiger partial charge on any atom is -0.352 e. The first-order valence-corrected chi connectivity index (χ1v) is 7.36. The molecule has 1 fully saturated rings. The number of pyridine rings is 2. The Hall–Kier alpha value is -2.34. The Morgan fingerprint density at radius 1 is 1.18 bits per heavy atom. The van der Waals surface area contributed by atoms with E-state index in [4.69, 9.17) is 11.6 Å². The molecule has 0 spiro atoms. The molecule has 0 radical (unpaired) electrons. The predicted molar refractivity (Wildman–Crippen MR) is 84.4 cm³/mol. The summed E-state index contributed by atoms with van der Waals surface area (Å²) in [7, 11) is 0. The molecule has 1 saturated heterocycles. The largest absolute Gasteiger partial charge is 0.352 e. The summed E-state index contributed by atoms with van der Waals surface area (Å²) in [6.07, 6.45) is 3.16. The van der Waals surface area contributed by atoms with E-state index in [0.717, 1.165) is 5.82 Å². The van der Waals surface area contributed by atoms with E-state index in [9.17, 15) is 9.59 Å². The van der Waals surface area contributed by atoms with Gasteiger partial charge in [-0.25, -0.2) is 4.98 Å². The molecule has 0 atom stereocenters. The van der Waals surface area contributed by atoms with Gasteiger partial charge in [0, 0.05) is 44.6 Å². The lowest BCUT2D eigenvalue weighted by Gasteiger charge is -2.35. The molecule has 2 aromatic rings. The summed E-state index contributed by atoms with van der Waals surface area (Å²) in [4.78, 5) is 34.1. The highest BCUT2D eigenvalue weighted by Gasteiger charge is 2.23. The molecule has 0 aromatic carbocycles. The van der Waals surface area contributed by atoms with Crippen molar-refractivity contribution in [3.05, 3.63) is 57.6 Å². The van der Waals surface area contributed by atoms with Gasteiger partial charge in [0.15, 0.2) is 0 Å². The maximum atomic E-state index is 12.4. The van der Waals surface area contributed by atoms with Crippen LogP contribution in [-0.2, 0) is 0 Å². The number of halogens is 1. The van der Waals surface area contributed by atoms with Gasteiger partial charge in [-0.3, -0.25) is 9.59 Å².